The summed E-state index contributed by atoms with van der Waals surface area (Å²) in [7, 11) is -1.86. The number of hydrogen-bond donors (Lipinski definition) is 1. The number of rotatable bonds is 7. The first-order valence-corrected chi connectivity index (χ1v) is 10.5. The maximum atomic E-state index is 12.8. The second-order valence-corrected chi connectivity index (χ2v) is 8.43. The Bertz CT molecular complexity index is 686. The van der Waals surface area contributed by atoms with Gasteiger partial charge in [-0.15, -0.1) is 0 Å². The zero-order valence-electron chi connectivity index (χ0n) is 15.5. The summed E-state index contributed by atoms with van der Waals surface area (Å²) >= 11 is 5.41. The zero-order valence-corrected chi connectivity index (χ0v) is 17.1. The molecule has 0 amide bonds. The summed E-state index contributed by atoms with van der Waals surface area (Å²) in [5, 5.41) is 3.84. The van der Waals surface area contributed by atoms with Crippen molar-refractivity contribution in [3.8, 4) is 5.75 Å². The molecule has 0 aliphatic carbocycles. The molecule has 26 heavy (non-hydrogen) atoms. The van der Waals surface area contributed by atoms with Gasteiger partial charge in [0.25, 0.3) is 0 Å². The highest BCUT2D eigenvalue weighted by molar-refractivity contribution is 7.89. The number of nitrogens with zero attached hydrogens (tertiary/aromatic N) is 2. The number of sulfonamides is 1. The summed E-state index contributed by atoms with van der Waals surface area (Å²) < 4.78 is 37.5. The van der Waals surface area contributed by atoms with E-state index in [0.29, 0.717) is 50.3 Å². The fourth-order valence-corrected chi connectivity index (χ4v) is 4.55. The molecule has 9 heteroatoms. The Morgan fingerprint density at radius 3 is 2.38 bits per heavy atom. The van der Waals surface area contributed by atoms with Crippen molar-refractivity contribution in [2.45, 2.75) is 24.8 Å². The first-order chi connectivity index (χ1) is 12.4. The zero-order chi connectivity index (χ0) is 19.2. The summed E-state index contributed by atoms with van der Waals surface area (Å²) in [6, 6.07) is 6.65. The van der Waals surface area contributed by atoms with Gasteiger partial charge >= 0.3 is 0 Å². The Balaban J connectivity index is 1.94. The number of ether oxygens (including phenoxy) is 2. The molecule has 7 nitrogen and oxygen atoms in total. The van der Waals surface area contributed by atoms with Crippen LogP contribution in [0.25, 0.3) is 0 Å². The molecule has 146 valence electrons. The van der Waals surface area contributed by atoms with E-state index in [2.05, 4.69) is 5.32 Å². The van der Waals surface area contributed by atoms with Gasteiger partial charge in [0, 0.05) is 39.3 Å². The molecular formula is C17H27N3O4S2. The smallest absolute Gasteiger partial charge is 0.243 e. The summed E-state index contributed by atoms with van der Waals surface area (Å²) in [4.78, 5) is 2.27. The maximum Gasteiger partial charge on any atom is 0.243 e. The van der Waals surface area contributed by atoms with E-state index in [4.69, 9.17) is 21.7 Å². The van der Waals surface area contributed by atoms with Gasteiger partial charge in [-0.3, -0.25) is 0 Å². The molecule has 1 heterocycles. The monoisotopic (exact) mass is 401 g/mol. The number of piperazine rings is 1. The van der Waals surface area contributed by atoms with Gasteiger partial charge in [-0.25, -0.2) is 8.42 Å². The lowest BCUT2D eigenvalue weighted by atomic mass is 10.3. The van der Waals surface area contributed by atoms with Crippen LogP contribution < -0.4 is 10.1 Å². The fourth-order valence-electron chi connectivity index (χ4n) is 2.75. The average Bonchev–Trinajstić information content (AvgIpc) is 2.62. The minimum atomic E-state index is -3.51. The minimum Gasteiger partial charge on any atom is -0.494 e. The molecule has 1 unspecified atom stereocenters. The topological polar surface area (TPSA) is 71.1 Å². The molecule has 0 saturated carbocycles. The first kappa shape index (κ1) is 20.9. The van der Waals surface area contributed by atoms with Crippen LogP contribution in [0.2, 0.25) is 0 Å². The predicted molar refractivity (Wildman–Crippen MR) is 105 cm³/mol. The third-order valence-corrected chi connectivity index (χ3v) is 6.37. The van der Waals surface area contributed by atoms with Gasteiger partial charge in [-0.2, -0.15) is 4.31 Å². The van der Waals surface area contributed by atoms with Crippen LogP contribution in [0.1, 0.15) is 13.8 Å². The number of nitrogens with one attached hydrogen (secondary N) is 1. The lowest BCUT2D eigenvalue weighted by Crippen LogP contribution is -2.54. The molecule has 0 bridgehead atoms. The molecule has 0 aromatic heterocycles. The van der Waals surface area contributed by atoms with Crippen molar-refractivity contribution in [1.29, 1.82) is 0 Å². The van der Waals surface area contributed by atoms with Crippen molar-refractivity contribution in [2.24, 2.45) is 0 Å². The normalized spacial score (nSPS) is 17.0. The standard InChI is InChI=1S/C17H27N3O4S2/c1-4-24-15-5-7-16(8-6-15)26(21,22)20-11-9-19(10-12-20)17(25)18-14(2)13-23-3/h5-8,14H,4,9-13H2,1-3H3,(H,18,25). The highest BCUT2D eigenvalue weighted by Crippen LogP contribution is 2.21. The van der Waals surface area contributed by atoms with E-state index in [9.17, 15) is 8.42 Å². The van der Waals surface area contributed by atoms with Gasteiger partial charge in [-0.1, -0.05) is 0 Å². The molecule has 0 radical (unpaired) electrons. The van der Waals surface area contributed by atoms with Crippen molar-refractivity contribution in [3.63, 3.8) is 0 Å². The van der Waals surface area contributed by atoms with Crippen LogP contribution >= 0.6 is 12.2 Å². The molecule has 1 aliphatic heterocycles. The summed E-state index contributed by atoms with van der Waals surface area (Å²) in [5.74, 6) is 0.665. The Hall–Kier alpha value is -1.42. The molecule has 0 spiro atoms. The lowest BCUT2D eigenvalue weighted by Gasteiger charge is -2.36. The summed E-state index contributed by atoms with van der Waals surface area (Å²) in [6.07, 6.45) is 0. The third kappa shape index (κ3) is 5.29. The molecule has 1 fully saturated rings. The van der Waals surface area contributed by atoms with Gasteiger partial charge in [0.1, 0.15) is 5.75 Å². The maximum absolute atomic E-state index is 12.8. The van der Waals surface area contributed by atoms with E-state index in [1.807, 2.05) is 18.7 Å². The Labute approximate surface area is 161 Å². The number of benzene rings is 1. The molecule has 1 atom stereocenters. The molecule has 1 aromatic carbocycles. The average molecular weight is 402 g/mol. The molecule has 1 saturated heterocycles. The molecular weight excluding hydrogens is 374 g/mol. The minimum absolute atomic E-state index is 0.109. The predicted octanol–water partition coefficient (Wildman–Crippen LogP) is 1.30. The van der Waals surface area contributed by atoms with Crippen molar-refractivity contribution >= 4 is 27.4 Å². The van der Waals surface area contributed by atoms with Crippen molar-refractivity contribution in [2.75, 3.05) is 46.5 Å². The van der Waals surface area contributed by atoms with Crippen LogP contribution in [-0.4, -0.2) is 75.3 Å². The van der Waals surface area contributed by atoms with Crippen LogP contribution in [-0.2, 0) is 14.8 Å². The number of hydrogen-bond acceptors (Lipinski definition) is 5. The Morgan fingerprint density at radius 2 is 1.85 bits per heavy atom. The van der Waals surface area contributed by atoms with Crippen LogP contribution in [0.3, 0.4) is 0 Å². The number of thiocarbonyl (C=S) groups is 1. The van der Waals surface area contributed by atoms with Gasteiger partial charge in [-0.05, 0) is 50.3 Å². The van der Waals surface area contributed by atoms with E-state index < -0.39 is 10.0 Å². The van der Waals surface area contributed by atoms with Crippen molar-refractivity contribution < 1.29 is 17.9 Å². The van der Waals surface area contributed by atoms with Gasteiger partial charge in [0.2, 0.25) is 10.0 Å². The quantitative estimate of drug-likeness (QED) is 0.691. The fraction of sp³-hybridized carbons (Fsp3) is 0.588. The largest absolute Gasteiger partial charge is 0.494 e. The van der Waals surface area contributed by atoms with E-state index in [0.717, 1.165) is 0 Å². The highest BCUT2D eigenvalue weighted by atomic mass is 32.2. The Morgan fingerprint density at radius 1 is 1.23 bits per heavy atom. The second kappa shape index (κ2) is 9.50. The van der Waals surface area contributed by atoms with Crippen LogP contribution in [0.5, 0.6) is 5.75 Å². The number of methoxy groups -OCH3 is 1. The van der Waals surface area contributed by atoms with E-state index >= 15 is 0 Å². The lowest BCUT2D eigenvalue weighted by molar-refractivity contribution is 0.176. The van der Waals surface area contributed by atoms with E-state index in [-0.39, 0.29) is 10.9 Å². The van der Waals surface area contributed by atoms with Crippen LogP contribution in [0.15, 0.2) is 29.2 Å². The Kier molecular flexibility index (Phi) is 7.63. The van der Waals surface area contributed by atoms with Crippen molar-refractivity contribution in [1.82, 2.24) is 14.5 Å². The summed E-state index contributed by atoms with van der Waals surface area (Å²) in [5.41, 5.74) is 0. The molecule has 1 aromatic rings. The van der Waals surface area contributed by atoms with Gasteiger partial charge in [0.15, 0.2) is 5.11 Å². The van der Waals surface area contributed by atoms with Crippen LogP contribution in [0.4, 0.5) is 0 Å². The SMILES string of the molecule is CCOc1ccc(S(=O)(=O)N2CCN(C(=S)NC(C)COC)CC2)cc1. The van der Waals surface area contributed by atoms with E-state index in [1.54, 1.807) is 31.4 Å². The van der Waals surface area contributed by atoms with Gasteiger partial charge < -0.3 is 19.7 Å². The summed E-state index contributed by atoms with van der Waals surface area (Å²) in [6.45, 7) is 6.90. The first-order valence-electron chi connectivity index (χ1n) is 8.66. The van der Waals surface area contributed by atoms with Crippen LogP contribution in [0, 0.1) is 0 Å². The molecule has 2 rings (SSSR count). The third-order valence-electron chi connectivity index (χ3n) is 4.08. The molecule has 1 aliphatic rings. The highest BCUT2D eigenvalue weighted by Gasteiger charge is 2.29. The van der Waals surface area contributed by atoms with E-state index in [1.165, 1.54) is 4.31 Å². The second-order valence-electron chi connectivity index (χ2n) is 6.10. The molecule has 1 N–H and O–H groups in total. The van der Waals surface area contributed by atoms with Gasteiger partial charge in [0.05, 0.1) is 18.1 Å². The van der Waals surface area contributed by atoms with Crippen molar-refractivity contribution in [3.05, 3.63) is 24.3 Å².